The van der Waals surface area contributed by atoms with E-state index in [0.717, 1.165) is 39.1 Å². The minimum absolute atomic E-state index is 0.784. The molecule has 10 rings (SSSR count). The minimum Gasteiger partial charge on any atom is -0.396 e. The summed E-state index contributed by atoms with van der Waals surface area (Å²) in [4.78, 5) is 0. The van der Waals surface area contributed by atoms with Crippen molar-refractivity contribution in [1.82, 2.24) is 4.57 Å². The lowest BCUT2D eigenvalue weighted by molar-refractivity contribution is 1.11. The van der Waals surface area contributed by atoms with E-state index >= 15 is 0 Å². The number of para-hydroxylation sites is 1. The Morgan fingerprint density at radius 1 is 0.418 bits per heavy atom. The SMILES string of the molecule is C/C=C\c1c(N)c2cc(-c3cccc(-c4c5ccccc5c(-c5cccc(-c6cccc7ccccc67)c5)c5ccccc45)c3)ccc2n1-c1ccccc1. The highest BCUT2D eigenvalue weighted by Gasteiger charge is 2.19. The molecular formula is C53H38N2. The molecule has 0 aliphatic heterocycles. The molecule has 0 fully saturated rings. The van der Waals surface area contributed by atoms with Crippen LogP contribution in [0.4, 0.5) is 5.69 Å². The zero-order chi connectivity index (χ0) is 36.9. The summed E-state index contributed by atoms with van der Waals surface area (Å²) < 4.78 is 2.25. The van der Waals surface area contributed by atoms with E-state index in [9.17, 15) is 0 Å². The quantitative estimate of drug-likeness (QED) is 0.172. The largest absolute Gasteiger partial charge is 0.396 e. The molecule has 1 heterocycles. The number of aromatic nitrogens is 1. The van der Waals surface area contributed by atoms with E-state index in [1.54, 1.807) is 0 Å². The van der Waals surface area contributed by atoms with Gasteiger partial charge in [0.1, 0.15) is 0 Å². The van der Waals surface area contributed by atoms with E-state index in [4.69, 9.17) is 5.73 Å². The first-order valence-electron chi connectivity index (χ1n) is 18.9. The molecule has 1 aromatic heterocycles. The summed E-state index contributed by atoms with van der Waals surface area (Å²) in [5.74, 6) is 0. The number of benzene rings is 9. The van der Waals surface area contributed by atoms with Crippen molar-refractivity contribution in [3.8, 4) is 50.2 Å². The Balaban J connectivity index is 1.14. The molecule has 0 aliphatic carbocycles. The maximum Gasteiger partial charge on any atom is 0.0695 e. The van der Waals surface area contributed by atoms with Gasteiger partial charge in [-0.2, -0.15) is 0 Å². The molecular weight excluding hydrogens is 665 g/mol. The number of hydrogen-bond acceptors (Lipinski definition) is 1. The third kappa shape index (κ3) is 5.42. The highest BCUT2D eigenvalue weighted by Crippen LogP contribution is 2.45. The summed E-state index contributed by atoms with van der Waals surface area (Å²) in [6.07, 6.45) is 4.15. The zero-order valence-corrected chi connectivity index (χ0v) is 30.6. The highest BCUT2D eigenvalue weighted by molar-refractivity contribution is 6.21. The molecule has 2 N–H and O–H groups in total. The number of nitrogen functional groups attached to an aromatic ring is 1. The Morgan fingerprint density at radius 3 is 1.58 bits per heavy atom. The average molecular weight is 703 g/mol. The number of allylic oxidation sites excluding steroid dienone is 1. The van der Waals surface area contributed by atoms with Crippen molar-refractivity contribution in [1.29, 1.82) is 0 Å². The van der Waals surface area contributed by atoms with E-state index in [1.165, 1.54) is 65.7 Å². The van der Waals surface area contributed by atoms with Gasteiger partial charge in [0.25, 0.3) is 0 Å². The molecule has 0 saturated carbocycles. The fourth-order valence-electron chi connectivity index (χ4n) is 8.62. The van der Waals surface area contributed by atoms with Crippen LogP contribution in [0.15, 0.2) is 194 Å². The van der Waals surface area contributed by atoms with Crippen molar-refractivity contribution >= 4 is 55.0 Å². The van der Waals surface area contributed by atoms with Crippen LogP contribution in [0.25, 0.3) is 99.5 Å². The van der Waals surface area contributed by atoms with Gasteiger partial charge in [0, 0.05) is 11.1 Å². The molecule has 10 aromatic rings. The van der Waals surface area contributed by atoms with Crippen molar-refractivity contribution in [2.75, 3.05) is 5.73 Å². The molecule has 0 radical (unpaired) electrons. The first-order valence-corrected chi connectivity index (χ1v) is 18.9. The minimum atomic E-state index is 0.784. The molecule has 0 amide bonds. The van der Waals surface area contributed by atoms with Gasteiger partial charge in [-0.05, 0) is 126 Å². The van der Waals surface area contributed by atoms with E-state index in [2.05, 4.69) is 199 Å². The normalized spacial score (nSPS) is 11.7. The van der Waals surface area contributed by atoms with Crippen LogP contribution in [-0.4, -0.2) is 4.57 Å². The molecule has 2 heteroatoms. The molecule has 9 aromatic carbocycles. The molecule has 0 saturated heterocycles. The van der Waals surface area contributed by atoms with Crippen LogP contribution in [0.5, 0.6) is 0 Å². The molecule has 0 bridgehead atoms. The van der Waals surface area contributed by atoms with E-state index < -0.39 is 0 Å². The van der Waals surface area contributed by atoms with Crippen molar-refractivity contribution in [3.63, 3.8) is 0 Å². The monoisotopic (exact) mass is 702 g/mol. The lowest BCUT2D eigenvalue weighted by Gasteiger charge is -2.19. The molecule has 0 spiro atoms. The van der Waals surface area contributed by atoms with Crippen LogP contribution in [0.1, 0.15) is 12.6 Å². The van der Waals surface area contributed by atoms with E-state index in [1.807, 2.05) is 13.0 Å². The van der Waals surface area contributed by atoms with Crippen molar-refractivity contribution < 1.29 is 0 Å². The maximum atomic E-state index is 6.91. The second-order valence-electron chi connectivity index (χ2n) is 14.2. The van der Waals surface area contributed by atoms with Gasteiger partial charge in [-0.1, -0.05) is 158 Å². The Hall–Kier alpha value is -7.16. The third-order valence-corrected chi connectivity index (χ3v) is 11.1. The zero-order valence-electron chi connectivity index (χ0n) is 30.6. The van der Waals surface area contributed by atoms with Crippen LogP contribution >= 0.6 is 0 Å². The summed E-state index contributed by atoms with van der Waals surface area (Å²) in [6.45, 7) is 2.03. The molecule has 55 heavy (non-hydrogen) atoms. The average Bonchev–Trinajstić information content (AvgIpc) is 3.52. The summed E-state index contributed by atoms with van der Waals surface area (Å²) >= 11 is 0. The van der Waals surface area contributed by atoms with Crippen molar-refractivity contribution in [2.45, 2.75) is 6.92 Å². The van der Waals surface area contributed by atoms with Crippen LogP contribution in [-0.2, 0) is 0 Å². The predicted octanol–water partition coefficient (Wildman–Crippen LogP) is 14.4. The van der Waals surface area contributed by atoms with Crippen LogP contribution < -0.4 is 5.73 Å². The summed E-state index contributed by atoms with van der Waals surface area (Å²) in [7, 11) is 0. The van der Waals surface area contributed by atoms with Gasteiger partial charge in [0.2, 0.25) is 0 Å². The highest BCUT2D eigenvalue weighted by atomic mass is 15.0. The number of anilines is 1. The van der Waals surface area contributed by atoms with Crippen molar-refractivity contribution in [3.05, 3.63) is 200 Å². The topological polar surface area (TPSA) is 30.9 Å². The summed E-state index contributed by atoms with van der Waals surface area (Å²) in [6, 6.07) is 68.2. The van der Waals surface area contributed by atoms with E-state index in [0.29, 0.717) is 0 Å². The molecule has 0 aliphatic rings. The van der Waals surface area contributed by atoms with Gasteiger partial charge >= 0.3 is 0 Å². The van der Waals surface area contributed by atoms with Gasteiger partial charge in [-0.3, -0.25) is 0 Å². The number of hydrogen-bond donors (Lipinski definition) is 1. The third-order valence-electron chi connectivity index (χ3n) is 11.1. The summed E-state index contributed by atoms with van der Waals surface area (Å²) in [5.41, 5.74) is 20.5. The van der Waals surface area contributed by atoms with Gasteiger partial charge in [0.15, 0.2) is 0 Å². The van der Waals surface area contributed by atoms with Gasteiger partial charge in [-0.15, -0.1) is 0 Å². The standard InChI is InChI=1S/C53H38N2/c1-2-15-50-53(54)48-34-37(30-31-49(48)55(50)41-22-4-3-5-23-41)36-18-12-20-39(32-36)51-44-25-8-10-27-46(44)52(47-28-11-9-26-45(47)51)40-21-13-19-38(33-40)43-29-14-17-35-16-6-7-24-42(35)43/h2-34H,54H2,1H3/b15-2-. The number of rotatable bonds is 6. The lowest BCUT2D eigenvalue weighted by atomic mass is 9.85. The smallest absolute Gasteiger partial charge is 0.0695 e. The fraction of sp³-hybridized carbons (Fsp3) is 0.0189. The number of fused-ring (bicyclic) bond motifs is 4. The Kier molecular flexibility index (Phi) is 7.89. The first kappa shape index (κ1) is 32.5. The van der Waals surface area contributed by atoms with Gasteiger partial charge < -0.3 is 10.3 Å². The Bertz CT molecular complexity index is 3050. The van der Waals surface area contributed by atoms with Crippen LogP contribution in [0.2, 0.25) is 0 Å². The second-order valence-corrected chi connectivity index (χ2v) is 14.2. The predicted molar refractivity (Wildman–Crippen MR) is 237 cm³/mol. The number of nitrogens with zero attached hydrogens (tertiary/aromatic N) is 1. The Labute approximate surface area is 321 Å². The van der Waals surface area contributed by atoms with Crippen LogP contribution in [0, 0.1) is 0 Å². The Morgan fingerprint density at radius 2 is 0.927 bits per heavy atom. The van der Waals surface area contributed by atoms with Crippen LogP contribution in [0.3, 0.4) is 0 Å². The molecule has 0 atom stereocenters. The second kappa shape index (κ2) is 13.4. The molecule has 0 unspecified atom stereocenters. The first-order chi connectivity index (χ1) is 27.2. The lowest BCUT2D eigenvalue weighted by Crippen LogP contribution is -1.97. The fourth-order valence-corrected chi connectivity index (χ4v) is 8.62. The van der Waals surface area contributed by atoms with Crippen molar-refractivity contribution in [2.24, 2.45) is 0 Å². The van der Waals surface area contributed by atoms with E-state index in [-0.39, 0.29) is 0 Å². The maximum absolute atomic E-state index is 6.91. The molecule has 260 valence electrons. The van der Waals surface area contributed by atoms with Gasteiger partial charge in [0.05, 0.1) is 16.9 Å². The molecule has 2 nitrogen and oxygen atoms in total. The summed E-state index contributed by atoms with van der Waals surface area (Å²) in [5, 5.41) is 8.51. The van der Waals surface area contributed by atoms with Gasteiger partial charge in [-0.25, -0.2) is 0 Å². The number of nitrogens with two attached hydrogens (primary N) is 1.